The number of aromatic nitrogens is 4. The summed E-state index contributed by atoms with van der Waals surface area (Å²) in [6, 6.07) is 7.86. The zero-order chi connectivity index (χ0) is 20.4. The van der Waals surface area contributed by atoms with E-state index in [1.54, 1.807) is 10.7 Å². The Morgan fingerprint density at radius 1 is 1.07 bits per heavy atom. The van der Waals surface area contributed by atoms with Gasteiger partial charge in [-0.25, -0.2) is 14.1 Å². The predicted molar refractivity (Wildman–Crippen MR) is 91.6 cm³/mol. The Morgan fingerprint density at radius 3 is 2.55 bits per heavy atom. The lowest BCUT2D eigenvalue weighted by Crippen LogP contribution is -2.16. The molecule has 0 atom stereocenters. The lowest BCUT2D eigenvalue weighted by Gasteiger charge is -2.09. The molecule has 4 rings (SSSR count). The predicted octanol–water partition coefficient (Wildman–Crippen LogP) is 4.20. The van der Waals surface area contributed by atoms with Crippen LogP contribution in [0.2, 0.25) is 0 Å². The van der Waals surface area contributed by atoms with Gasteiger partial charge in [-0.15, -0.1) is 13.2 Å². The monoisotopic (exact) mass is 408 g/mol. The summed E-state index contributed by atoms with van der Waals surface area (Å²) in [6.07, 6.45) is -1.88. The van der Waals surface area contributed by atoms with Crippen LogP contribution in [0.1, 0.15) is 0 Å². The molecule has 0 saturated carbocycles. The van der Waals surface area contributed by atoms with Crippen LogP contribution in [0.25, 0.3) is 22.1 Å². The minimum absolute atomic E-state index is 0.0819. The first kappa shape index (κ1) is 18.7. The molecular formula is C18H12F4N4O3. The SMILES string of the molecule is Fc1cc(-c2ccc(OC(F)(F)F)cc2)cc2c(OCCn3cncn3)noc12. The van der Waals surface area contributed by atoms with Crippen molar-refractivity contribution in [2.24, 2.45) is 0 Å². The number of hydrogen-bond acceptors (Lipinski definition) is 6. The van der Waals surface area contributed by atoms with Crippen LogP contribution in [0.5, 0.6) is 11.6 Å². The molecule has 150 valence electrons. The van der Waals surface area contributed by atoms with E-state index < -0.39 is 12.2 Å². The fourth-order valence-electron chi connectivity index (χ4n) is 2.69. The zero-order valence-electron chi connectivity index (χ0n) is 14.6. The standard InChI is InChI=1S/C18H12F4N4O3/c19-15-8-12(11-1-3-13(4-2-11)28-18(20,21)22)7-14-16(15)29-25-17(14)27-6-5-26-10-23-9-24-26/h1-4,7-10H,5-6H2. The quantitative estimate of drug-likeness (QED) is 0.445. The Balaban J connectivity index is 1.57. The van der Waals surface area contributed by atoms with Gasteiger partial charge in [0.2, 0.25) is 5.58 Å². The fourth-order valence-corrected chi connectivity index (χ4v) is 2.69. The largest absolute Gasteiger partial charge is 0.573 e. The average molecular weight is 408 g/mol. The third kappa shape index (κ3) is 4.28. The first-order chi connectivity index (χ1) is 13.9. The Morgan fingerprint density at radius 2 is 1.86 bits per heavy atom. The highest BCUT2D eigenvalue weighted by atomic mass is 19.4. The van der Waals surface area contributed by atoms with Crippen LogP contribution < -0.4 is 9.47 Å². The molecule has 0 N–H and O–H groups in total. The van der Waals surface area contributed by atoms with Crippen molar-refractivity contribution in [1.29, 1.82) is 0 Å². The first-order valence-corrected chi connectivity index (χ1v) is 8.29. The molecule has 0 spiro atoms. The van der Waals surface area contributed by atoms with Crippen molar-refractivity contribution in [1.82, 2.24) is 19.9 Å². The maximum Gasteiger partial charge on any atom is 0.573 e. The average Bonchev–Trinajstić information content (AvgIpc) is 3.32. The van der Waals surface area contributed by atoms with E-state index >= 15 is 0 Å². The summed E-state index contributed by atoms with van der Waals surface area (Å²) in [5.41, 5.74) is 0.814. The molecule has 0 amide bonds. The Labute approximate surface area is 160 Å². The Hall–Kier alpha value is -3.63. The lowest BCUT2D eigenvalue weighted by molar-refractivity contribution is -0.274. The number of ether oxygens (including phenoxy) is 2. The normalized spacial score (nSPS) is 11.7. The van der Waals surface area contributed by atoms with Crippen LogP contribution in [0, 0.1) is 5.82 Å². The van der Waals surface area contributed by atoms with Gasteiger partial charge in [0.1, 0.15) is 25.0 Å². The lowest BCUT2D eigenvalue weighted by atomic mass is 10.0. The van der Waals surface area contributed by atoms with Gasteiger partial charge in [-0.3, -0.25) is 0 Å². The van der Waals surface area contributed by atoms with E-state index in [0.717, 1.165) is 12.1 Å². The zero-order valence-corrected chi connectivity index (χ0v) is 14.6. The van der Waals surface area contributed by atoms with Gasteiger partial charge in [-0.1, -0.05) is 12.1 Å². The van der Waals surface area contributed by atoms with Crippen LogP contribution in [0.15, 0.2) is 53.6 Å². The van der Waals surface area contributed by atoms with Crippen molar-refractivity contribution in [2.45, 2.75) is 12.9 Å². The molecule has 0 bridgehead atoms. The van der Waals surface area contributed by atoms with E-state index in [1.165, 1.54) is 30.9 Å². The molecule has 2 aromatic heterocycles. The van der Waals surface area contributed by atoms with E-state index in [1.807, 2.05) is 0 Å². The third-order valence-corrected chi connectivity index (χ3v) is 3.94. The number of fused-ring (bicyclic) bond motifs is 1. The summed E-state index contributed by atoms with van der Waals surface area (Å²) in [5, 5.41) is 7.97. The molecule has 0 aliphatic heterocycles. The van der Waals surface area contributed by atoms with Gasteiger partial charge in [0.15, 0.2) is 5.82 Å². The summed E-state index contributed by atoms with van der Waals surface area (Å²) < 4.78 is 67.2. The van der Waals surface area contributed by atoms with Crippen LogP contribution in [-0.4, -0.2) is 32.9 Å². The molecule has 29 heavy (non-hydrogen) atoms. The van der Waals surface area contributed by atoms with Crippen LogP contribution in [-0.2, 0) is 6.54 Å². The summed E-state index contributed by atoms with van der Waals surface area (Å²) in [4.78, 5) is 3.81. The van der Waals surface area contributed by atoms with Gasteiger partial charge in [0.05, 0.1) is 11.9 Å². The van der Waals surface area contributed by atoms with Crippen molar-refractivity contribution in [3.05, 3.63) is 54.9 Å². The van der Waals surface area contributed by atoms with Crippen molar-refractivity contribution in [3.8, 4) is 22.8 Å². The third-order valence-electron chi connectivity index (χ3n) is 3.94. The van der Waals surface area contributed by atoms with Gasteiger partial charge in [-0.2, -0.15) is 5.10 Å². The van der Waals surface area contributed by atoms with Gasteiger partial charge >= 0.3 is 6.36 Å². The van der Waals surface area contributed by atoms with E-state index in [-0.39, 0.29) is 23.8 Å². The number of halogens is 4. The summed E-state index contributed by atoms with van der Waals surface area (Å²) in [5.74, 6) is -0.949. The number of nitrogens with zero attached hydrogens (tertiary/aromatic N) is 4. The molecule has 11 heteroatoms. The minimum atomic E-state index is -4.78. The van der Waals surface area contributed by atoms with Crippen LogP contribution in [0.3, 0.4) is 0 Å². The first-order valence-electron chi connectivity index (χ1n) is 8.29. The topological polar surface area (TPSA) is 75.2 Å². The summed E-state index contributed by atoms with van der Waals surface area (Å²) in [7, 11) is 0. The number of rotatable bonds is 6. The van der Waals surface area contributed by atoms with Gasteiger partial charge in [0, 0.05) is 0 Å². The molecule has 0 fully saturated rings. The van der Waals surface area contributed by atoms with Crippen molar-refractivity contribution in [3.63, 3.8) is 0 Å². The second-order valence-corrected chi connectivity index (χ2v) is 5.90. The Bertz CT molecular complexity index is 1110. The van der Waals surface area contributed by atoms with Crippen molar-refractivity contribution >= 4 is 11.0 Å². The molecule has 0 unspecified atom stereocenters. The molecule has 0 aliphatic rings. The van der Waals surface area contributed by atoms with E-state index in [2.05, 4.69) is 20.0 Å². The maximum absolute atomic E-state index is 14.4. The summed E-state index contributed by atoms with van der Waals surface area (Å²) in [6.45, 7) is 0.595. The molecule has 0 aliphatic carbocycles. The van der Waals surface area contributed by atoms with Crippen LogP contribution >= 0.6 is 0 Å². The van der Waals surface area contributed by atoms with E-state index in [4.69, 9.17) is 9.26 Å². The molecule has 7 nitrogen and oxygen atoms in total. The molecule has 0 saturated heterocycles. The molecule has 2 heterocycles. The fraction of sp³-hybridized carbons (Fsp3) is 0.167. The van der Waals surface area contributed by atoms with Crippen molar-refractivity contribution < 1.29 is 31.6 Å². The highest BCUT2D eigenvalue weighted by Crippen LogP contribution is 2.33. The molecule has 2 aromatic carbocycles. The second-order valence-electron chi connectivity index (χ2n) is 5.90. The number of hydrogen-bond donors (Lipinski definition) is 0. The number of benzene rings is 2. The minimum Gasteiger partial charge on any atom is -0.473 e. The Kier molecular flexibility index (Phi) is 4.79. The second kappa shape index (κ2) is 7.41. The van der Waals surface area contributed by atoms with E-state index in [0.29, 0.717) is 23.1 Å². The maximum atomic E-state index is 14.4. The van der Waals surface area contributed by atoms with Gasteiger partial charge in [-0.05, 0) is 40.5 Å². The number of alkyl halides is 3. The highest BCUT2D eigenvalue weighted by Gasteiger charge is 2.31. The molecule has 0 radical (unpaired) electrons. The highest BCUT2D eigenvalue weighted by molar-refractivity contribution is 5.87. The molecular weight excluding hydrogens is 396 g/mol. The van der Waals surface area contributed by atoms with Crippen molar-refractivity contribution in [2.75, 3.05) is 6.61 Å². The summed E-state index contributed by atoms with van der Waals surface area (Å²) >= 11 is 0. The molecule has 4 aromatic rings. The van der Waals surface area contributed by atoms with Crippen LogP contribution in [0.4, 0.5) is 17.6 Å². The smallest absolute Gasteiger partial charge is 0.473 e. The van der Waals surface area contributed by atoms with E-state index in [9.17, 15) is 17.6 Å². The van der Waals surface area contributed by atoms with Gasteiger partial charge in [0.25, 0.3) is 5.88 Å². The van der Waals surface area contributed by atoms with Gasteiger partial charge < -0.3 is 14.0 Å².